The predicted molar refractivity (Wildman–Crippen MR) is 134 cm³/mol. The molecule has 1 aromatic heterocycles. The number of hydrogen-bond donors (Lipinski definition) is 2. The van der Waals surface area contributed by atoms with Crippen LogP contribution in [0.25, 0.3) is 0 Å². The molecule has 0 radical (unpaired) electrons. The lowest BCUT2D eigenvalue weighted by atomic mass is 9.95. The number of rotatable bonds is 11. The van der Waals surface area contributed by atoms with E-state index in [1.165, 1.54) is 31.0 Å². The van der Waals surface area contributed by atoms with E-state index in [2.05, 4.69) is 40.7 Å². The van der Waals surface area contributed by atoms with Crippen LogP contribution < -0.4 is 15.4 Å². The third-order valence-electron chi connectivity index (χ3n) is 6.01. The Bertz CT molecular complexity index is 969. The number of aromatic nitrogens is 3. The first-order chi connectivity index (χ1) is 16.4. The van der Waals surface area contributed by atoms with Gasteiger partial charge < -0.3 is 19.9 Å². The standard InChI is InChI=1S/C25H37N5O3S/c1-5-30-22(28-29-25(30)34-16-24(32)27-19-9-7-6-8-10-19)14-26-23(31)15-33-21-13-18(4)11-12-20(21)17(2)3/h11-13,17,19H,5-10,14-16H2,1-4H3,(H,26,31)(H,27,32). The third-order valence-corrected chi connectivity index (χ3v) is 6.97. The van der Waals surface area contributed by atoms with Crippen LogP contribution in [0.3, 0.4) is 0 Å². The number of ether oxygens (including phenoxy) is 1. The molecule has 1 saturated carbocycles. The summed E-state index contributed by atoms with van der Waals surface area (Å²) in [4.78, 5) is 24.7. The van der Waals surface area contributed by atoms with Gasteiger partial charge in [-0.3, -0.25) is 9.59 Å². The minimum absolute atomic E-state index is 0.0338. The molecule has 9 heteroatoms. The number of nitrogens with one attached hydrogen (secondary N) is 2. The number of carbonyl (C=O) groups excluding carboxylic acids is 2. The molecular formula is C25H37N5O3S. The Balaban J connectivity index is 1.48. The van der Waals surface area contributed by atoms with E-state index in [1.54, 1.807) is 0 Å². The van der Waals surface area contributed by atoms with Crippen LogP contribution in [-0.2, 0) is 22.7 Å². The van der Waals surface area contributed by atoms with Gasteiger partial charge in [-0.15, -0.1) is 10.2 Å². The highest BCUT2D eigenvalue weighted by Crippen LogP contribution is 2.27. The van der Waals surface area contributed by atoms with Gasteiger partial charge in [-0.2, -0.15) is 0 Å². The third kappa shape index (κ3) is 7.48. The zero-order valence-corrected chi connectivity index (χ0v) is 21.5. The Morgan fingerprint density at radius 2 is 1.94 bits per heavy atom. The molecule has 1 heterocycles. The molecule has 34 heavy (non-hydrogen) atoms. The highest BCUT2D eigenvalue weighted by atomic mass is 32.2. The SMILES string of the molecule is CCn1c(CNC(=O)COc2cc(C)ccc2C(C)C)nnc1SCC(=O)NC1CCCCC1. The van der Waals surface area contributed by atoms with E-state index in [0.29, 0.717) is 35.2 Å². The fourth-order valence-corrected chi connectivity index (χ4v) is 4.97. The van der Waals surface area contributed by atoms with Crippen molar-refractivity contribution in [3.63, 3.8) is 0 Å². The van der Waals surface area contributed by atoms with Gasteiger partial charge in [0.1, 0.15) is 5.75 Å². The molecule has 8 nitrogen and oxygen atoms in total. The molecule has 186 valence electrons. The zero-order chi connectivity index (χ0) is 24.5. The molecule has 2 aromatic rings. The molecule has 1 aliphatic carbocycles. The molecule has 0 unspecified atom stereocenters. The number of benzene rings is 1. The average Bonchev–Trinajstić information content (AvgIpc) is 3.22. The Morgan fingerprint density at radius 3 is 2.65 bits per heavy atom. The second-order valence-electron chi connectivity index (χ2n) is 9.10. The molecule has 0 atom stereocenters. The van der Waals surface area contributed by atoms with Gasteiger partial charge in [0, 0.05) is 12.6 Å². The zero-order valence-electron chi connectivity index (χ0n) is 20.7. The van der Waals surface area contributed by atoms with Crippen molar-refractivity contribution >= 4 is 23.6 Å². The lowest BCUT2D eigenvalue weighted by Gasteiger charge is -2.22. The lowest BCUT2D eigenvalue weighted by molar-refractivity contribution is -0.123. The first kappa shape index (κ1) is 26.1. The van der Waals surface area contributed by atoms with E-state index in [0.717, 1.165) is 29.7 Å². The van der Waals surface area contributed by atoms with Crippen molar-refractivity contribution in [2.75, 3.05) is 12.4 Å². The first-order valence-electron chi connectivity index (χ1n) is 12.2. The monoisotopic (exact) mass is 487 g/mol. The number of thioether (sulfide) groups is 1. The molecule has 0 spiro atoms. The summed E-state index contributed by atoms with van der Waals surface area (Å²) in [5, 5.41) is 15.1. The van der Waals surface area contributed by atoms with Gasteiger partial charge in [0.05, 0.1) is 12.3 Å². The van der Waals surface area contributed by atoms with Gasteiger partial charge in [-0.05, 0) is 49.8 Å². The molecule has 0 bridgehead atoms. The van der Waals surface area contributed by atoms with Crippen LogP contribution in [0.4, 0.5) is 0 Å². The molecular weight excluding hydrogens is 450 g/mol. The maximum absolute atomic E-state index is 12.4. The van der Waals surface area contributed by atoms with Crippen LogP contribution in [0.5, 0.6) is 5.75 Å². The van der Waals surface area contributed by atoms with Crippen molar-refractivity contribution in [1.29, 1.82) is 0 Å². The van der Waals surface area contributed by atoms with Crippen molar-refractivity contribution in [1.82, 2.24) is 25.4 Å². The summed E-state index contributed by atoms with van der Waals surface area (Å²) in [5.74, 6) is 1.83. The van der Waals surface area contributed by atoms with Crippen molar-refractivity contribution in [3.05, 3.63) is 35.2 Å². The number of amides is 2. The maximum Gasteiger partial charge on any atom is 0.258 e. The fourth-order valence-electron chi connectivity index (χ4n) is 4.14. The quantitative estimate of drug-likeness (QED) is 0.466. The van der Waals surface area contributed by atoms with Gasteiger partial charge in [0.25, 0.3) is 5.91 Å². The van der Waals surface area contributed by atoms with E-state index in [-0.39, 0.29) is 25.0 Å². The van der Waals surface area contributed by atoms with Crippen molar-refractivity contribution in [2.45, 2.75) is 90.0 Å². The smallest absolute Gasteiger partial charge is 0.258 e. The van der Waals surface area contributed by atoms with E-state index in [1.807, 2.05) is 30.5 Å². The summed E-state index contributed by atoms with van der Waals surface area (Å²) < 4.78 is 7.74. The van der Waals surface area contributed by atoms with Gasteiger partial charge in [0.2, 0.25) is 5.91 Å². The molecule has 1 aliphatic rings. The lowest BCUT2D eigenvalue weighted by Crippen LogP contribution is -2.37. The molecule has 0 aliphatic heterocycles. The fraction of sp³-hybridized carbons (Fsp3) is 0.600. The average molecular weight is 488 g/mol. The molecule has 2 N–H and O–H groups in total. The van der Waals surface area contributed by atoms with E-state index >= 15 is 0 Å². The molecule has 1 fully saturated rings. The Morgan fingerprint density at radius 1 is 1.18 bits per heavy atom. The van der Waals surface area contributed by atoms with Crippen LogP contribution in [0.15, 0.2) is 23.4 Å². The molecule has 1 aromatic carbocycles. The van der Waals surface area contributed by atoms with Gasteiger partial charge in [-0.25, -0.2) is 0 Å². The number of nitrogens with zero attached hydrogens (tertiary/aromatic N) is 3. The topological polar surface area (TPSA) is 98.1 Å². The molecule has 2 amide bonds. The summed E-state index contributed by atoms with van der Waals surface area (Å²) in [7, 11) is 0. The van der Waals surface area contributed by atoms with Gasteiger partial charge in [-0.1, -0.05) is 57.0 Å². The summed E-state index contributed by atoms with van der Waals surface area (Å²) in [6.45, 7) is 9.05. The Hall–Kier alpha value is -2.55. The van der Waals surface area contributed by atoms with Gasteiger partial charge >= 0.3 is 0 Å². The summed E-state index contributed by atoms with van der Waals surface area (Å²) in [5.41, 5.74) is 2.17. The Kier molecular flexibility index (Phi) is 9.80. The maximum atomic E-state index is 12.4. The molecule has 3 rings (SSSR count). The minimum atomic E-state index is -0.220. The second kappa shape index (κ2) is 12.8. The summed E-state index contributed by atoms with van der Waals surface area (Å²) in [6.07, 6.45) is 5.77. The van der Waals surface area contributed by atoms with E-state index in [9.17, 15) is 9.59 Å². The summed E-state index contributed by atoms with van der Waals surface area (Å²) >= 11 is 1.38. The normalized spacial score (nSPS) is 14.3. The predicted octanol–water partition coefficient (Wildman–Crippen LogP) is 3.97. The van der Waals surface area contributed by atoms with Crippen LogP contribution in [0.2, 0.25) is 0 Å². The van der Waals surface area contributed by atoms with Gasteiger partial charge in [0.15, 0.2) is 17.6 Å². The van der Waals surface area contributed by atoms with Crippen LogP contribution >= 0.6 is 11.8 Å². The van der Waals surface area contributed by atoms with Crippen molar-refractivity contribution < 1.29 is 14.3 Å². The highest BCUT2D eigenvalue weighted by Gasteiger charge is 2.18. The molecule has 0 saturated heterocycles. The highest BCUT2D eigenvalue weighted by molar-refractivity contribution is 7.99. The largest absolute Gasteiger partial charge is 0.483 e. The van der Waals surface area contributed by atoms with Crippen LogP contribution in [-0.4, -0.2) is 45.0 Å². The number of carbonyl (C=O) groups is 2. The number of aryl methyl sites for hydroxylation is 1. The van der Waals surface area contributed by atoms with E-state index < -0.39 is 0 Å². The van der Waals surface area contributed by atoms with Crippen LogP contribution in [0.1, 0.15) is 75.7 Å². The van der Waals surface area contributed by atoms with E-state index in [4.69, 9.17) is 4.74 Å². The Labute approximate surface area is 206 Å². The number of hydrogen-bond acceptors (Lipinski definition) is 6. The summed E-state index contributed by atoms with van der Waals surface area (Å²) in [6, 6.07) is 6.36. The second-order valence-corrected chi connectivity index (χ2v) is 10.0. The first-order valence-corrected chi connectivity index (χ1v) is 13.2. The minimum Gasteiger partial charge on any atom is -0.483 e. The van der Waals surface area contributed by atoms with Crippen molar-refractivity contribution in [2.24, 2.45) is 0 Å². The van der Waals surface area contributed by atoms with Crippen molar-refractivity contribution in [3.8, 4) is 5.75 Å². The van der Waals surface area contributed by atoms with Crippen LogP contribution in [0, 0.1) is 6.92 Å².